The van der Waals surface area contributed by atoms with Crippen LogP contribution < -0.4 is 5.32 Å². The number of carbonyl (C=O) groups is 2. The highest BCUT2D eigenvalue weighted by Gasteiger charge is 2.31. The van der Waals surface area contributed by atoms with Gasteiger partial charge in [0.2, 0.25) is 0 Å². The Hall–Kier alpha value is -1.85. The van der Waals surface area contributed by atoms with Gasteiger partial charge in [-0.15, -0.1) is 0 Å². The summed E-state index contributed by atoms with van der Waals surface area (Å²) in [6.07, 6.45) is 5.01. The summed E-state index contributed by atoms with van der Waals surface area (Å²) in [7, 11) is 0. The molecule has 1 fully saturated rings. The maximum atomic E-state index is 12.7. The number of imidazole rings is 1. The van der Waals surface area contributed by atoms with Crippen LogP contribution in [0, 0.1) is 0 Å². The third-order valence-corrected chi connectivity index (χ3v) is 4.49. The van der Waals surface area contributed by atoms with Gasteiger partial charge < -0.3 is 14.8 Å². The number of nitrogens with one attached hydrogen (secondary N) is 1. The van der Waals surface area contributed by atoms with Gasteiger partial charge in [0.15, 0.2) is 5.82 Å². The molecule has 6 nitrogen and oxygen atoms in total. The van der Waals surface area contributed by atoms with Crippen LogP contribution in [0.1, 0.15) is 66.3 Å². The Morgan fingerprint density at radius 1 is 1.27 bits per heavy atom. The first-order chi connectivity index (χ1) is 10.7. The van der Waals surface area contributed by atoms with E-state index < -0.39 is 0 Å². The number of fused-ring (bicyclic) bond motifs is 1. The van der Waals surface area contributed by atoms with Gasteiger partial charge in [-0.05, 0) is 46.0 Å². The summed E-state index contributed by atoms with van der Waals surface area (Å²) >= 11 is 0. The molecule has 120 valence electrons. The Morgan fingerprint density at radius 3 is 2.64 bits per heavy atom. The molecule has 2 heterocycles. The van der Waals surface area contributed by atoms with Crippen molar-refractivity contribution in [3.8, 4) is 0 Å². The zero-order valence-electron chi connectivity index (χ0n) is 13.4. The van der Waals surface area contributed by atoms with Gasteiger partial charge in [0, 0.05) is 25.7 Å². The smallest absolute Gasteiger partial charge is 0.289 e. The molecular formula is C16H24N4O2. The van der Waals surface area contributed by atoms with Gasteiger partial charge in [0.25, 0.3) is 11.8 Å². The van der Waals surface area contributed by atoms with E-state index in [1.807, 2.05) is 18.4 Å². The number of aromatic nitrogens is 2. The minimum absolute atomic E-state index is 0.0707. The van der Waals surface area contributed by atoms with Crippen LogP contribution in [0.15, 0.2) is 0 Å². The normalized spacial score (nSPS) is 17.0. The summed E-state index contributed by atoms with van der Waals surface area (Å²) < 4.78 is 1.96. The molecule has 0 aromatic carbocycles. The molecule has 2 amide bonds. The Morgan fingerprint density at radius 2 is 2.00 bits per heavy atom. The molecule has 0 unspecified atom stereocenters. The first-order valence-corrected chi connectivity index (χ1v) is 8.35. The maximum absolute atomic E-state index is 12.7. The van der Waals surface area contributed by atoms with Crippen molar-refractivity contribution in [3.05, 3.63) is 17.2 Å². The summed E-state index contributed by atoms with van der Waals surface area (Å²) in [5, 5.41) is 2.99. The Labute approximate surface area is 130 Å². The van der Waals surface area contributed by atoms with E-state index in [2.05, 4.69) is 10.3 Å². The largest absolute Gasteiger partial charge is 0.348 e. The summed E-state index contributed by atoms with van der Waals surface area (Å²) in [4.78, 5) is 31.3. The van der Waals surface area contributed by atoms with Crippen molar-refractivity contribution < 1.29 is 9.59 Å². The molecule has 3 rings (SSSR count). The minimum Gasteiger partial charge on any atom is -0.348 e. The molecule has 2 aliphatic rings. The fraction of sp³-hybridized carbons (Fsp3) is 0.688. The molecule has 1 aliphatic heterocycles. The molecule has 0 spiro atoms. The van der Waals surface area contributed by atoms with Crippen LogP contribution in [-0.2, 0) is 13.0 Å². The predicted molar refractivity (Wildman–Crippen MR) is 82.9 cm³/mol. The van der Waals surface area contributed by atoms with Crippen LogP contribution in [0.3, 0.4) is 0 Å². The topological polar surface area (TPSA) is 67.2 Å². The highest BCUT2D eigenvalue weighted by molar-refractivity contribution is 5.97. The molecular weight excluding hydrogens is 280 g/mol. The van der Waals surface area contributed by atoms with Crippen molar-refractivity contribution in [1.82, 2.24) is 19.8 Å². The second-order valence-corrected chi connectivity index (χ2v) is 6.06. The number of amides is 2. The zero-order chi connectivity index (χ0) is 15.7. The van der Waals surface area contributed by atoms with Crippen molar-refractivity contribution in [3.63, 3.8) is 0 Å². The molecule has 1 aliphatic carbocycles. The van der Waals surface area contributed by atoms with E-state index in [0.717, 1.165) is 44.3 Å². The van der Waals surface area contributed by atoms with Gasteiger partial charge in [-0.1, -0.05) is 0 Å². The van der Waals surface area contributed by atoms with E-state index in [1.165, 1.54) is 0 Å². The van der Waals surface area contributed by atoms with Crippen LogP contribution in [-0.4, -0.2) is 45.4 Å². The lowest BCUT2D eigenvalue weighted by Gasteiger charge is -2.21. The Kier molecular flexibility index (Phi) is 4.18. The molecule has 1 N–H and O–H groups in total. The first kappa shape index (κ1) is 15.1. The summed E-state index contributed by atoms with van der Waals surface area (Å²) in [6.45, 7) is 6.01. The minimum atomic E-state index is -0.119. The standard InChI is InChI=1S/C16H24N4O2/c1-3-19(4-2)16(22)14-18-13(15(21)17-11-8-9-11)12-7-5-6-10-20(12)14/h11H,3-10H2,1-2H3,(H,17,21). The molecule has 6 heteroatoms. The molecule has 0 atom stereocenters. The number of hydrogen-bond acceptors (Lipinski definition) is 3. The van der Waals surface area contributed by atoms with Crippen LogP contribution in [0.2, 0.25) is 0 Å². The van der Waals surface area contributed by atoms with Gasteiger partial charge in [-0.25, -0.2) is 4.98 Å². The van der Waals surface area contributed by atoms with Crippen molar-refractivity contribution >= 4 is 11.8 Å². The fourth-order valence-corrected chi connectivity index (χ4v) is 3.02. The molecule has 0 bridgehead atoms. The van der Waals surface area contributed by atoms with Crippen LogP contribution >= 0.6 is 0 Å². The molecule has 1 saturated carbocycles. The summed E-state index contributed by atoms with van der Waals surface area (Å²) in [5.74, 6) is 0.240. The van der Waals surface area contributed by atoms with Gasteiger partial charge in [-0.3, -0.25) is 9.59 Å². The van der Waals surface area contributed by atoms with Crippen molar-refractivity contribution in [1.29, 1.82) is 0 Å². The average molecular weight is 304 g/mol. The maximum Gasteiger partial charge on any atom is 0.289 e. The third kappa shape index (κ3) is 2.74. The Balaban J connectivity index is 1.94. The lowest BCUT2D eigenvalue weighted by molar-refractivity contribution is 0.0754. The highest BCUT2D eigenvalue weighted by atomic mass is 16.2. The number of nitrogens with zero attached hydrogens (tertiary/aromatic N) is 3. The van der Waals surface area contributed by atoms with Gasteiger partial charge in [0.1, 0.15) is 5.69 Å². The summed E-state index contributed by atoms with van der Waals surface area (Å²) in [6, 6.07) is 0.301. The second-order valence-electron chi connectivity index (χ2n) is 6.06. The SMILES string of the molecule is CCN(CC)C(=O)c1nc(C(=O)NC2CC2)c2n1CCCC2. The van der Waals surface area contributed by atoms with E-state index in [1.54, 1.807) is 4.90 Å². The number of carbonyl (C=O) groups excluding carboxylic acids is 2. The molecule has 22 heavy (non-hydrogen) atoms. The van der Waals surface area contributed by atoms with Crippen molar-refractivity contribution in [2.24, 2.45) is 0 Å². The number of rotatable bonds is 5. The van der Waals surface area contributed by atoms with E-state index in [4.69, 9.17) is 0 Å². The lowest BCUT2D eigenvalue weighted by atomic mass is 10.1. The zero-order valence-corrected chi connectivity index (χ0v) is 13.4. The van der Waals surface area contributed by atoms with Gasteiger partial charge in [0.05, 0.1) is 5.69 Å². The van der Waals surface area contributed by atoms with Crippen molar-refractivity contribution in [2.75, 3.05) is 13.1 Å². The molecule has 0 saturated heterocycles. The van der Waals surface area contributed by atoms with Crippen molar-refractivity contribution in [2.45, 2.75) is 58.5 Å². The summed E-state index contributed by atoms with van der Waals surface area (Å²) in [5.41, 5.74) is 1.39. The lowest BCUT2D eigenvalue weighted by Crippen LogP contribution is -2.33. The van der Waals surface area contributed by atoms with E-state index in [9.17, 15) is 9.59 Å². The van der Waals surface area contributed by atoms with Crippen LogP contribution in [0.4, 0.5) is 0 Å². The first-order valence-electron chi connectivity index (χ1n) is 8.35. The van der Waals surface area contributed by atoms with Crippen LogP contribution in [0.5, 0.6) is 0 Å². The van der Waals surface area contributed by atoms with Gasteiger partial charge in [-0.2, -0.15) is 0 Å². The number of hydrogen-bond donors (Lipinski definition) is 1. The van der Waals surface area contributed by atoms with E-state index in [-0.39, 0.29) is 11.8 Å². The second kappa shape index (κ2) is 6.10. The molecule has 0 radical (unpaired) electrons. The molecule has 1 aromatic rings. The third-order valence-electron chi connectivity index (χ3n) is 4.49. The fourth-order valence-electron chi connectivity index (χ4n) is 3.02. The molecule has 1 aromatic heterocycles. The van der Waals surface area contributed by atoms with E-state index in [0.29, 0.717) is 30.6 Å². The van der Waals surface area contributed by atoms with E-state index >= 15 is 0 Å². The van der Waals surface area contributed by atoms with Gasteiger partial charge >= 0.3 is 0 Å². The van der Waals surface area contributed by atoms with Crippen LogP contribution in [0.25, 0.3) is 0 Å². The quantitative estimate of drug-likeness (QED) is 0.898. The predicted octanol–water partition coefficient (Wildman–Crippen LogP) is 1.59. The average Bonchev–Trinajstić information content (AvgIpc) is 3.25. The Bertz CT molecular complexity index is 585. The highest BCUT2D eigenvalue weighted by Crippen LogP contribution is 2.24. The monoisotopic (exact) mass is 304 g/mol.